The Morgan fingerprint density at radius 3 is 2.94 bits per heavy atom. The summed E-state index contributed by atoms with van der Waals surface area (Å²) in [5.41, 5.74) is 0.265. The number of carbonyl (C=O) groups excluding carboxylic acids is 1. The first-order chi connectivity index (χ1) is 8.66. The van der Waals surface area contributed by atoms with E-state index in [4.69, 9.17) is 0 Å². The number of anilines is 1. The number of likely N-dealkylation sites (tertiary alicyclic amines) is 1. The molecule has 3 nitrogen and oxygen atoms in total. The minimum Gasteiger partial charge on any atom is -0.324 e. The van der Waals surface area contributed by atoms with Gasteiger partial charge in [-0.1, -0.05) is 18.6 Å². The SMILES string of the molecule is CN1CCCCC1CC(=O)Nc1ccccc1F. The number of nitrogens with zero attached hydrogens (tertiary/aromatic N) is 1. The summed E-state index contributed by atoms with van der Waals surface area (Å²) < 4.78 is 13.4. The van der Waals surface area contributed by atoms with Gasteiger partial charge < -0.3 is 10.2 Å². The number of nitrogens with one attached hydrogen (secondary N) is 1. The monoisotopic (exact) mass is 250 g/mol. The normalized spacial score (nSPS) is 20.7. The van der Waals surface area contributed by atoms with E-state index in [0.717, 1.165) is 13.0 Å². The molecule has 0 spiro atoms. The highest BCUT2D eigenvalue weighted by molar-refractivity contribution is 5.91. The van der Waals surface area contributed by atoms with Crippen LogP contribution in [0, 0.1) is 5.82 Å². The van der Waals surface area contributed by atoms with E-state index in [2.05, 4.69) is 10.2 Å². The van der Waals surface area contributed by atoms with Crippen molar-refractivity contribution in [3.8, 4) is 0 Å². The van der Waals surface area contributed by atoms with E-state index < -0.39 is 0 Å². The summed E-state index contributed by atoms with van der Waals surface area (Å²) >= 11 is 0. The van der Waals surface area contributed by atoms with Gasteiger partial charge in [0.15, 0.2) is 0 Å². The molecule has 1 aliphatic rings. The number of amides is 1. The first-order valence-electron chi connectivity index (χ1n) is 6.41. The van der Waals surface area contributed by atoms with Crippen molar-refractivity contribution in [1.29, 1.82) is 0 Å². The summed E-state index contributed by atoms with van der Waals surface area (Å²) in [5.74, 6) is -0.498. The fourth-order valence-corrected chi connectivity index (χ4v) is 2.38. The molecule has 1 atom stereocenters. The van der Waals surface area contributed by atoms with Gasteiger partial charge in [-0.2, -0.15) is 0 Å². The van der Waals surface area contributed by atoms with Gasteiger partial charge in [-0.3, -0.25) is 4.79 Å². The number of para-hydroxylation sites is 1. The summed E-state index contributed by atoms with van der Waals surface area (Å²) in [7, 11) is 2.04. The Labute approximate surface area is 107 Å². The van der Waals surface area contributed by atoms with Gasteiger partial charge in [-0.15, -0.1) is 0 Å². The predicted molar refractivity (Wildman–Crippen MR) is 69.9 cm³/mol. The number of piperidine rings is 1. The Kier molecular flexibility index (Phi) is 4.31. The number of halogens is 1. The van der Waals surface area contributed by atoms with E-state index in [1.807, 2.05) is 7.05 Å². The molecule has 0 bridgehead atoms. The third-order valence-corrected chi connectivity index (χ3v) is 3.49. The van der Waals surface area contributed by atoms with Gasteiger partial charge in [-0.05, 0) is 38.6 Å². The van der Waals surface area contributed by atoms with Crippen LogP contribution in [0.1, 0.15) is 25.7 Å². The van der Waals surface area contributed by atoms with Gasteiger partial charge in [0.2, 0.25) is 5.91 Å². The number of carbonyl (C=O) groups is 1. The first-order valence-corrected chi connectivity index (χ1v) is 6.41. The standard InChI is InChI=1S/C14H19FN2O/c1-17-9-5-4-6-11(17)10-14(18)16-13-8-3-2-7-12(13)15/h2-3,7-8,11H,4-6,9-10H2,1H3,(H,16,18). The van der Waals surface area contributed by atoms with E-state index >= 15 is 0 Å². The van der Waals surface area contributed by atoms with Crippen LogP contribution in [0.4, 0.5) is 10.1 Å². The molecule has 1 amide bonds. The Bertz CT molecular complexity index is 422. The van der Waals surface area contributed by atoms with Crippen LogP contribution in [0.5, 0.6) is 0 Å². The van der Waals surface area contributed by atoms with Gasteiger partial charge in [0.1, 0.15) is 5.82 Å². The van der Waals surface area contributed by atoms with Gasteiger partial charge in [0.25, 0.3) is 0 Å². The zero-order valence-electron chi connectivity index (χ0n) is 10.7. The van der Waals surface area contributed by atoms with Gasteiger partial charge >= 0.3 is 0 Å². The Balaban J connectivity index is 1.90. The van der Waals surface area contributed by atoms with Crippen LogP contribution in [0.3, 0.4) is 0 Å². The van der Waals surface area contributed by atoms with Crippen LogP contribution in [0.25, 0.3) is 0 Å². The van der Waals surface area contributed by atoms with Crippen molar-refractivity contribution in [2.45, 2.75) is 31.7 Å². The molecular weight excluding hydrogens is 231 g/mol. The molecule has 1 heterocycles. The highest BCUT2D eigenvalue weighted by Crippen LogP contribution is 2.19. The zero-order valence-corrected chi connectivity index (χ0v) is 10.7. The maximum atomic E-state index is 13.4. The first kappa shape index (κ1) is 13.0. The Morgan fingerprint density at radius 2 is 2.22 bits per heavy atom. The van der Waals surface area contributed by atoms with Crippen LogP contribution in [-0.2, 0) is 4.79 Å². The van der Waals surface area contributed by atoms with E-state index in [0.29, 0.717) is 6.42 Å². The minimum absolute atomic E-state index is 0.112. The molecule has 0 aliphatic carbocycles. The van der Waals surface area contributed by atoms with Gasteiger partial charge in [0, 0.05) is 12.5 Å². The van der Waals surface area contributed by atoms with Crippen LogP contribution in [0.2, 0.25) is 0 Å². The molecule has 1 aromatic rings. The van der Waals surface area contributed by atoms with Crippen LogP contribution in [-0.4, -0.2) is 30.4 Å². The highest BCUT2D eigenvalue weighted by Gasteiger charge is 2.21. The maximum absolute atomic E-state index is 13.4. The second-order valence-corrected chi connectivity index (χ2v) is 4.86. The van der Waals surface area contributed by atoms with Crippen LogP contribution >= 0.6 is 0 Å². The molecule has 1 saturated heterocycles. The van der Waals surface area contributed by atoms with E-state index in [9.17, 15) is 9.18 Å². The molecule has 0 radical (unpaired) electrons. The van der Waals surface area contributed by atoms with Crippen LogP contribution in [0.15, 0.2) is 24.3 Å². The zero-order chi connectivity index (χ0) is 13.0. The third kappa shape index (κ3) is 3.29. The average Bonchev–Trinajstić information content (AvgIpc) is 2.35. The van der Waals surface area contributed by atoms with E-state index in [-0.39, 0.29) is 23.5 Å². The molecule has 0 aromatic heterocycles. The molecule has 1 fully saturated rings. The molecule has 98 valence electrons. The average molecular weight is 250 g/mol. The molecule has 2 rings (SSSR count). The third-order valence-electron chi connectivity index (χ3n) is 3.49. The quantitative estimate of drug-likeness (QED) is 0.894. The molecule has 18 heavy (non-hydrogen) atoms. The summed E-state index contributed by atoms with van der Waals surface area (Å²) in [5, 5.41) is 2.64. The topological polar surface area (TPSA) is 32.3 Å². The second kappa shape index (κ2) is 5.96. The summed E-state index contributed by atoms with van der Waals surface area (Å²) in [6.45, 7) is 1.04. The largest absolute Gasteiger partial charge is 0.324 e. The van der Waals surface area contributed by atoms with Crippen molar-refractivity contribution < 1.29 is 9.18 Å². The molecule has 1 N–H and O–H groups in total. The molecule has 1 aliphatic heterocycles. The smallest absolute Gasteiger partial charge is 0.226 e. The molecule has 1 aromatic carbocycles. The van der Waals surface area contributed by atoms with Crippen molar-refractivity contribution in [2.75, 3.05) is 18.9 Å². The van der Waals surface area contributed by atoms with Crippen molar-refractivity contribution in [3.05, 3.63) is 30.1 Å². The highest BCUT2D eigenvalue weighted by atomic mass is 19.1. The number of hydrogen-bond donors (Lipinski definition) is 1. The van der Waals surface area contributed by atoms with Crippen molar-refractivity contribution in [2.24, 2.45) is 0 Å². The number of hydrogen-bond acceptors (Lipinski definition) is 2. The lowest BCUT2D eigenvalue weighted by molar-refractivity contribution is -0.117. The lowest BCUT2D eigenvalue weighted by atomic mass is 10.00. The molecular formula is C14H19FN2O. The lowest BCUT2D eigenvalue weighted by Gasteiger charge is -2.31. The number of rotatable bonds is 3. The fourth-order valence-electron chi connectivity index (χ4n) is 2.38. The van der Waals surface area contributed by atoms with Crippen molar-refractivity contribution in [1.82, 2.24) is 4.90 Å². The van der Waals surface area contributed by atoms with Crippen molar-refractivity contribution >= 4 is 11.6 Å². The molecule has 1 unspecified atom stereocenters. The van der Waals surface area contributed by atoms with Crippen LogP contribution < -0.4 is 5.32 Å². The minimum atomic E-state index is -0.386. The Hall–Kier alpha value is -1.42. The number of benzene rings is 1. The van der Waals surface area contributed by atoms with Gasteiger partial charge in [-0.25, -0.2) is 4.39 Å². The molecule has 0 saturated carbocycles. The second-order valence-electron chi connectivity index (χ2n) is 4.86. The van der Waals surface area contributed by atoms with Gasteiger partial charge in [0.05, 0.1) is 5.69 Å². The fraction of sp³-hybridized carbons (Fsp3) is 0.500. The summed E-state index contributed by atoms with van der Waals surface area (Å²) in [6, 6.07) is 6.54. The molecule has 4 heteroatoms. The van der Waals surface area contributed by atoms with E-state index in [1.54, 1.807) is 18.2 Å². The summed E-state index contributed by atoms with van der Waals surface area (Å²) in [6.07, 6.45) is 3.84. The lowest BCUT2D eigenvalue weighted by Crippen LogP contribution is -2.38. The van der Waals surface area contributed by atoms with E-state index in [1.165, 1.54) is 18.9 Å². The maximum Gasteiger partial charge on any atom is 0.226 e. The summed E-state index contributed by atoms with van der Waals surface area (Å²) in [4.78, 5) is 14.1. The predicted octanol–water partition coefficient (Wildman–Crippen LogP) is 2.64. The van der Waals surface area contributed by atoms with Crippen molar-refractivity contribution in [3.63, 3.8) is 0 Å². The Morgan fingerprint density at radius 1 is 1.44 bits per heavy atom.